The minimum Gasteiger partial charge on any atom is -0.492 e. The van der Waals surface area contributed by atoms with Crippen molar-refractivity contribution >= 4 is 29.8 Å². The zero-order valence-corrected chi connectivity index (χ0v) is 22.4. The predicted molar refractivity (Wildman–Crippen MR) is 141 cm³/mol. The molecule has 4 amide bonds. The van der Waals surface area contributed by atoms with Crippen molar-refractivity contribution in [3.05, 3.63) is 29.3 Å². The summed E-state index contributed by atoms with van der Waals surface area (Å²) in [5, 5.41) is 29.0. The molecule has 214 valence electrons. The molecule has 15 nitrogen and oxygen atoms in total. The van der Waals surface area contributed by atoms with Gasteiger partial charge in [-0.1, -0.05) is 26.0 Å². The first kappa shape index (κ1) is 26.1. The van der Waals surface area contributed by atoms with Gasteiger partial charge in [0.05, 0.1) is 24.8 Å². The van der Waals surface area contributed by atoms with Crippen molar-refractivity contribution in [2.45, 2.75) is 55.3 Å². The molecule has 3 unspecified atom stereocenters. The van der Waals surface area contributed by atoms with E-state index in [4.69, 9.17) is 16.2 Å². The standard InChI is InChI=1S/C25H33N9O6/c1-23(2)7-8-40-17-12(5-4-6-13(17)23)19(36)29-15-10-34-21(27)28-14(9-33-16(35)11-32(3)22(33)37)18-24(34,25(15,38)39)31-20(26)30-18/h4-6,14-15,18,38-39H,7-11H2,1-3H3,(H2,27,28)(H,29,36)(H3,26,30,31)/t14-,15?,18?,24?/m0/s1. The molecule has 15 heteroatoms. The average molecular weight is 556 g/mol. The molecule has 0 radical (unpaired) electrons. The van der Waals surface area contributed by atoms with Crippen LogP contribution in [0.25, 0.3) is 0 Å². The van der Waals surface area contributed by atoms with Crippen LogP contribution in [0.2, 0.25) is 0 Å². The number of hydrogen-bond donors (Lipinski definition) is 6. The van der Waals surface area contributed by atoms with Gasteiger partial charge in [0.1, 0.15) is 24.4 Å². The maximum atomic E-state index is 13.6. The molecule has 0 bridgehead atoms. The van der Waals surface area contributed by atoms with Gasteiger partial charge >= 0.3 is 6.03 Å². The Bertz CT molecular complexity index is 1380. The normalized spacial score (nSPS) is 31.5. The lowest BCUT2D eigenvalue weighted by Gasteiger charge is -2.49. The number of fused-ring (bicyclic) bond motifs is 1. The molecular formula is C25H33N9O6. The van der Waals surface area contributed by atoms with Crippen molar-refractivity contribution in [2.24, 2.45) is 21.5 Å². The Kier molecular flexibility index (Phi) is 5.52. The number of likely N-dealkylation sites (N-methyl/N-ethyl adjacent to an activating group) is 1. The van der Waals surface area contributed by atoms with Crippen molar-refractivity contribution in [1.29, 1.82) is 0 Å². The third kappa shape index (κ3) is 3.46. The van der Waals surface area contributed by atoms with E-state index in [1.165, 1.54) is 16.8 Å². The minimum atomic E-state index is -2.67. The number of para-hydroxylation sites is 1. The number of ether oxygens (including phenoxy) is 1. The van der Waals surface area contributed by atoms with Gasteiger partial charge in [0.15, 0.2) is 17.6 Å². The van der Waals surface area contributed by atoms with Gasteiger partial charge in [-0.15, -0.1) is 0 Å². The Morgan fingerprint density at radius 2 is 2.00 bits per heavy atom. The highest BCUT2D eigenvalue weighted by atomic mass is 16.5. The highest BCUT2D eigenvalue weighted by molar-refractivity contribution is 6.02. The molecule has 0 aliphatic carbocycles. The third-order valence-electron chi connectivity index (χ3n) is 8.67. The molecule has 2 saturated heterocycles. The number of amides is 4. The average Bonchev–Trinajstić information content (AvgIpc) is 3.44. The second-order valence-electron chi connectivity index (χ2n) is 11.6. The number of carbonyl (C=O) groups excluding carboxylic acids is 3. The molecule has 4 atom stereocenters. The second kappa shape index (κ2) is 8.44. The number of carbonyl (C=O) groups is 3. The highest BCUT2D eigenvalue weighted by Gasteiger charge is 2.73. The van der Waals surface area contributed by atoms with Gasteiger partial charge in [0.2, 0.25) is 11.7 Å². The van der Waals surface area contributed by atoms with E-state index in [0.717, 1.165) is 16.9 Å². The van der Waals surface area contributed by atoms with Crippen LogP contribution in [0.3, 0.4) is 0 Å². The first-order valence-corrected chi connectivity index (χ1v) is 13.1. The van der Waals surface area contributed by atoms with Crippen LogP contribution < -0.4 is 26.8 Å². The number of aliphatic imine (C=N–C) groups is 2. The van der Waals surface area contributed by atoms with Crippen LogP contribution >= 0.6 is 0 Å². The lowest BCUT2D eigenvalue weighted by Crippen LogP contribution is -2.78. The molecule has 5 heterocycles. The van der Waals surface area contributed by atoms with Crippen LogP contribution in [0, 0.1) is 0 Å². The summed E-state index contributed by atoms with van der Waals surface area (Å²) in [4.78, 5) is 51.1. The summed E-state index contributed by atoms with van der Waals surface area (Å²) in [6.45, 7) is 4.18. The quantitative estimate of drug-likeness (QED) is 0.169. The number of benzene rings is 1. The molecular weight excluding hydrogens is 522 g/mol. The first-order valence-electron chi connectivity index (χ1n) is 13.1. The summed E-state index contributed by atoms with van der Waals surface area (Å²) in [6, 6.07) is 1.54. The van der Waals surface area contributed by atoms with Gasteiger partial charge in [-0.3, -0.25) is 14.5 Å². The van der Waals surface area contributed by atoms with Crippen molar-refractivity contribution in [1.82, 2.24) is 25.3 Å². The van der Waals surface area contributed by atoms with Crippen molar-refractivity contribution in [2.75, 3.05) is 33.3 Å². The summed E-state index contributed by atoms with van der Waals surface area (Å²) in [5.74, 6) is -3.38. The molecule has 5 aliphatic rings. The monoisotopic (exact) mass is 555 g/mol. The Morgan fingerprint density at radius 1 is 1.25 bits per heavy atom. The Morgan fingerprint density at radius 3 is 2.70 bits per heavy atom. The molecule has 6 rings (SSSR count). The van der Waals surface area contributed by atoms with E-state index in [2.05, 4.69) is 34.5 Å². The van der Waals surface area contributed by atoms with Gasteiger partial charge in [0, 0.05) is 19.2 Å². The Labute approximate surface area is 229 Å². The first-order chi connectivity index (χ1) is 18.8. The third-order valence-corrected chi connectivity index (χ3v) is 8.67. The van der Waals surface area contributed by atoms with E-state index in [1.54, 1.807) is 12.1 Å². The number of imide groups is 1. The lowest BCUT2D eigenvalue weighted by atomic mass is 9.79. The number of nitrogens with two attached hydrogens (primary N) is 2. The van der Waals surface area contributed by atoms with Gasteiger partial charge in [0.25, 0.3) is 5.91 Å². The van der Waals surface area contributed by atoms with E-state index in [1.807, 2.05) is 6.07 Å². The fourth-order valence-corrected chi connectivity index (χ4v) is 6.45. The SMILES string of the molecule is CN1CC(=O)N(C[C@@H]2N=C(N)N3CC(NC(=O)c4cccc5c4OCCC5(C)C)C(O)(O)C34NC(N)=NC24)C1=O. The van der Waals surface area contributed by atoms with E-state index in [-0.39, 0.29) is 42.5 Å². The van der Waals surface area contributed by atoms with Crippen LogP contribution in [0.1, 0.15) is 36.2 Å². The van der Waals surface area contributed by atoms with Crippen molar-refractivity contribution < 1.29 is 29.3 Å². The number of nitrogens with one attached hydrogen (secondary N) is 2. The van der Waals surface area contributed by atoms with Crippen molar-refractivity contribution in [3.8, 4) is 5.75 Å². The summed E-state index contributed by atoms with van der Waals surface area (Å²) >= 11 is 0. The van der Waals surface area contributed by atoms with E-state index < -0.39 is 47.4 Å². The second-order valence-corrected chi connectivity index (χ2v) is 11.6. The number of urea groups is 1. The fraction of sp³-hybridized carbons (Fsp3) is 0.560. The molecule has 2 fully saturated rings. The number of hydrogen-bond acceptors (Lipinski definition) is 12. The molecule has 1 aromatic rings. The number of aliphatic hydroxyl groups is 2. The summed E-state index contributed by atoms with van der Waals surface area (Å²) in [5.41, 5.74) is 11.5. The topological polar surface area (TPSA) is 211 Å². The molecule has 1 aromatic carbocycles. The lowest BCUT2D eigenvalue weighted by molar-refractivity contribution is -0.230. The van der Waals surface area contributed by atoms with Crippen LogP contribution in [0.4, 0.5) is 4.79 Å². The molecule has 5 aliphatic heterocycles. The van der Waals surface area contributed by atoms with Gasteiger partial charge in [-0.2, -0.15) is 0 Å². The van der Waals surface area contributed by atoms with Gasteiger partial charge < -0.3 is 46.9 Å². The largest absolute Gasteiger partial charge is 0.492 e. The van der Waals surface area contributed by atoms with Crippen LogP contribution in [0.15, 0.2) is 28.2 Å². The van der Waals surface area contributed by atoms with Crippen LogP contribution in [0.5, 0.6) is 5.75 Å². The predicted octanol–water partition coefficient (Wildman–Crippen LogP) is -2.58. The number of nitrogens with zero attached hydrogens (tertiary/aromatic N) is 5. The zero-order chi connectivity index (χ0) is 28.8. The van der Waals surface area contributed by atoms with E-state index in [0.29, 0.717) is 12.4 Å². The summed E-state index contributed by atoms with van der Waals surface area (Å²) in [7, 11) is 1.50. The molecule has 40 heavy (non-hydrogen) atoms. The van der Waals surface area contributed by atoms with Gasteiger partial charge in [-0.25, -0.2) is 14.8 Å². The molecule has 0 saturated carbocycles. The van der Waals surface area contributed by atoms with Crippen LogP contribution in [-0.4, -0.2) is 118 Å². The zero-order valence-electron chi connectivity index (χ0n) is 22.4. The molecule has 1 spiro atoms. The van der Waals surface area contributed by atoms with Crippen LogP contribution in [-0.2, 0) is 10.2 Å². The smallest absolute Gasteiger partial charge is 0.327 e. The van der Waals surface area contributed by atoms with E-state index in [9.17, 15) is 24.6 Å². The molecule has 0 aromatic heterocycles. The summed E-state index contributed by atoms with van der Waals surface area (Å²) < 4.78 is 5.88. The van der Waals surface area contributed by atoms with Crippen molar-refractivity contribution in [3.63, 3.8) is 0 Å². The highest BCUT2D eigenvalue weighted by Crippen LogP contribution is 2.45. The maximum Gasteiger partial charge on any atom is 0.327 e. The van der Waals surface area contributed by atoms with Gasteiger partial charge in [-0.05, 0) is 17.9 Å². The van der Waals surface area contributed by atoms with E-state index >= 15 is 0 Å². The molecule has 8 N–H and O–H groups in total. The summed E-state index contributed by atoms with van der Waals surface area (Å²) in [6.07, 6.45) is 0.792. The minimum absolute atomic E-state index is 0.0849. The maximum absolute atomic E-state index is 13.6. The number of rotatable bonds is 4. The Hall–Kier alpha value is -4.11. The fourth-order valence-electron chi connectivity index (χ4n) is 6.45. The number of guanidine groups is 2. The Balaban J connectivity index is 1.31.